The summed E-state index contributed by atoms with van der Waals surface area (Å²) in [5, 5.41) is 2.78. The normalized spacial score (nSPS) is 10.5. The van der Waals surface area contributed by atoms with Gasteiger partial charge >= 0.3 is 0 Å². The molecule has 5 heteroatoms. The van der Waals surface area contributed by atoms with E-state index >= 15 is 0 Å². The van der Waals surface area contributed by atoms with Gasteiger partial charge in [0.1, 0.15) is 5.82 Å². The first-order valence-corrected chi connectivity index (χ1v) is 6.63. The molecule has 0 N–H and O–H groups in total. The molecule has 0 spiro atoms. The van der Waals surface area contributed by atoms with Crippen molar-refractivity contribution in [1.82, 2.24) is 4.98 Å². The van der Waals surface area contributed by atoms with E-state index in [-0.39, 0.29) is 12.2 Å². The summed E-state index contributed by atoms with van der Waals surface area (Å²) in [5.74, 6) is -0.549. The van der Waals surface area contributed by atoms with Gasteiger partial charge in [-0.05, 0) is 35.0 Å². The van der Waals surface area contributed by atoms with Gasteiger partial charge in [0.25, 0.3) is 0 Å². The molecule has 0 bridgehead atoms. The van der Waals surface area contributed by atoms with E-state index in [1.54, 1.807) is 6.07 Å². The van der Waals surface area contributed by atoms with E-state index < -0.39 is 5.82 Å². The monoisotopic (exact) mass is 313 g/mol. The van der Waals surface area contributed by atoms with Crippen molar-refractivity contribution >= 4 is 33.0 Å². The standard InChI is InChI=1S/C12H9BrFNOS/c1-7-15-9(6-17-7)5-12(16)8-2-3-10(13)11(14)4-8/h2-4,6H,5H2,1H3. The maximum atomic E-state index is 13.3. The lowest BCUT2D eigenvalue weighted by Crippen LogP contribution is -2.04. The molecule has 0 aliphatic carbocycles. The SMILES string of the molecule is Cc1nc(CC(=O)c2ccc(Br)c(F)c2)cs1. The second-order valence-electron chi connectivity index (χ2n) is 3.59. The van der Waals surface area contributed by atoms with Gasteiger partial charge in [-0.15, -0.1) is 11.3 Å². The Labute approximate surface area is 111 Å². The number of Topliss-reactive ketones (excluding diaryl/α,β-unsaturated/α-hetero) is 1. The van der Waals surface area contributed by atoms with Crippen LogP contribution < -0.4 is 0 Å². The molecule has 1 aromatic carbocycles. The Balaban J connectivity index is 2.17. The predicted octanol–water partition coefficient (Wildman–Crippen LogP) is 3.78. The average molecular weight is 314 g/mol. The molecule has 0 atom stereocenters. The molecule has 2 aromatic rings. The van der Waals surface area contributed by atoms with Crippen LogP contribution in [0.3, 0.4) is 0 Å². The number of nitrogens with zero attached hydrogens (tertiary/aromatic N) is 1. The fraction of sp³-hybridized carbons (Fsp3) is 0.167. The predicted molar refractivity (Wildman–Crippen MR) is 69.0 cm³/mol. The van der Waals surface area contributed by atoms with Gasteiger partial charge in [-0.3, -0.25) is 4.79 Å². The zero-order chi connectivity index (χ0) is 12.4. The highest BCUT2D eigenvalue weighted by atomic mass is 79.9. The van der Waals surface area contributed by atoms with Crippen LogP contribution in [-0.4, -0.2) is 10.8 Å². The first-order valence-electron chi connectivity index (χ1n) is 4.95. The van der Waals surface area contributed by atoms with Crippen molar-refractivity contribution in [3.63, 3.8) is 0 Å². The zero-order valence-corrected chi connectivity index (χ0v) is 11.4. The minimum atomic E-state index is -0.426. The second kappa shape index (κ2) is 5.06. The number of rotatable bonds is 3. The number of hydrogen-bond acceptors (Lipinski definition) is 3. The quantitative estimate of drug-likeness (QED) is 0.807. The summed E-state index contributed by atoms with van der Waals surface area (Å²) in [6, 6.07) is 4.38. The van der Waals surface area contributed by atoms with Gasteiger partial charge in [-0.25, -0.2) is 9.37 Å². The highest BCUT2D eigenvalue weighted by Gasteiger charge is 2.11. The third-order valence-electron chi connectivity index (χ3n) is 2.25. The van der Waals surface area contributed by atoms with Crippen molar-refractivity contribution in [2.75, 3.05) is 0 Å². The minimum absolute atomic E-state index is 0.123. The average Bonchev–Trinajstić information content (AvgIpc) is 2.68. The Bertz CT molecular complexity index is 567. The maximum absolute atomic E-state index is 13.3. The third-order valence-corrected chi connectivity index (χ3v) is 3.72. The number of ketones is 1. The molecular formula is C12H9BrFNOS. The summed E-state index contributed by atoms with van der Waals surface area (Å²) >= 11 is 4.55. The fourth-order valence-electron chi connectivity index (χ4n) is 1.43. The number of carbonyl (C=O) groups is 1. The van der Waals surface area contributed by atoms with Gasteiger partial charge in [0, 0.05) is 10.9 Å². The van der Waals surface area contributed by atoms with Gasteiger partial charge in [0.2, 0.25) is 0 Å². The first-order chi connectivity index (χ1) is 8.06. The van der Waals surface area contributed by atoms with Crippen molar-refractivity contribution in [2.24, 2.45) is 0 Å². The Morgan fingerprint density at radius 2 is 2.29 bits per heavy atom. The molecule has 88 valence electrons. The van der Waals surface area contributed by atoms with Crippen LogP contribution in [0.1, 0.15) is 21.1 Å². The van der Waals surface area contributed by atoms with Crippen molar-refractivity contribution in [1.29, 1.82) is 0 Å². The summed E-state index contributed by atoms with van der Waals surface area (Å²) in [7, 11) is 0. The van der Waals surface area contributed by atoms with Gasteiger partial charge < -0.3 is 0 Å². The molecule has 17 heavy (non-hydrogen) atoms. The molecule has 0 saturated heterocycles. The van der Waals surface area contributed by atoms with Crippen molar-refractivity contribution < 1.29 is 9.18 Å². The van der Waals surface area contributed by atoms with Crippen LogP contribution in [0.4, 0.5) is 4.39 Å². The van der Waals surface area contributed by atoms with Crippen LogP contribution in [0.2, 0.25) is 0 Å². The summed E-state index contributed by atoms with van der Waals surface area (Å²) in [5.41, 5.74) is 1.11. The molecule has 1 aromatic heterocycles. The lowest BCUT2D eigenvalue weighted by atomic mass is 10.1. The minimum Gasteiger partial charge on any atom is -0.294 e. The molecular weight excluding hydrogens is 305 g/mol. The number of aryl methyl sites for hydroxylation is 1. The zero-order valence-electron chi connectivity index (χ0n) is 9.04. The van der Waals surface area contributed by atoms with Crippen LogP contribution in [0.25, 0.3) is 0 Å². The number of halogens is 2. The van der Waals surface area contributed by atoms with Crippen molar-refractivity contribution in [2.45, 2.75) is 13.3 Å². The van der Waals surface area contributed by atoms with E-state index in [0.29, 0.717) is 10.0 Å². The molecule has 0 unspecified atom stereocenters. The largest absolute Gasteiger partial charge is 0.294 e. The van der Waals surface area contributed by atoms with Crippen LogP contribution in [-0.2, 0) is 6.42 Å². The van der Waals surface area contributed by atoms with Crippen LogP contribution in [0.5, 0.6) is 0 Å². The number of hydrogen-bond donors (Lipinski definition) is 0. The number of aromatic nitrogens is 1. The van der Waals surface area contributed by atoms with Crippen LogP contribution >= 0.6 is 27.3 Å². The van der Waals surface area contributed by atoms with Crippen molar-refractivity contribution in [3.8, 4) is 0 Å². The summed E-state index contributed by atoms with van der Waals surface area (Å²) in [4.78, 5) is 16.1. The van der Waals surface area contributed by atoms with E-state index in [1.165, 1.54) is 23.5 Å². The highest BCUT2D eigenvalue weighted by molar-refractivity contribution is 9.10. The van der Waals surface area contributed by atoms with Gasteiger partial charge in [0.05, 0.1) is 21.6 Å². The van der Waals surface area contributed by atoms with E-state index in [1.807, 2.05) is 12.3 Å². The van der Waals surface area contributed by atoms with Gasteiger partial charge in [0.15, 0.2) is 5.78 Å². The number of carbonyl (C=O) groups excluding carboxylic acids is 1. The maximum Gasteiger partial charge on any atom is 0.168 e. The molecule has 0 radical (unpaired) electrons. The molecule has 1 heterocycles. The Hall–Kier alpha value is -1.07. The fourth-order valence-corrected chi connectivity index (χ4v) is 2.28. The second-order valence-corrected chi connectivity index (χ2v) is 5.50. The summed E-state index contributed by atoms with van der Waals surface area (Å²) in [6.07, 6.45) is 0.214. The molecule has 0 fully saturated rings. The molecule has 0 amide bonds. The Morgan fingerprint density at radius 3 is 2.88 bits per heavy atom. The van der Waals surface area contributed by atoms with E-state index in [4.69, 9.17) is 0 Å². The topological polar surface area (TPSA) is 30.0 Å². The van der Waals surface area contributed by atoms with Crippen molar-refractivity contribution in [3.05, 3.63) is 50.1 Å². The summed E-state index contributed by atoms with van der Waals surface area (Å²) < 4.78 is 13.6. The number of thiazole rings is 1. The number of benzene rings is 1. The molecule has 0 aliphatic rings. The molecule has 2 nitrogen and oxygen atoms in total. The molecule has 0 saturated carbocycles. The van der Waals surface area contributed by atoms with E-state index in [9.17, 15) is 9.18 Å². The van der Waals surface area contributed by atoms with E-state index in [2.05, 4.69) is 20.9 Å². The third kappa shape index (κ3) is 2.98. The molecule has 0 aliphatic heterocycles. The van der Waals surface area contributed by atoms with Gasteiger partial charge in [-0.1, -0.05) is 6.07 Å². The Kier molecular flexibility index (Phi) is 3.69. The lowest BCUT2D eigenvalue weighted by molar-refractivity contribution is 0.0991. The smallest absolute Gasteiger partial charge is 0.168 e. The highest BCUT2D eigenvalue weighted by Crippen LogP contribution is 2.18. The van der Waals surface area contributed by atoms with E-state index in [0.717, 1.165) is 10.7 Å². The lowest BCUT2D eigenvalue weighted by Gasteiger charge is -2.00. The summed E-state index contributed by atoms with van der Waals surface area (Å²) in [6.45, 7) is 1.89. The van der Waals surface area contributed by atoms with Crippen LogP contribution in [0.15, 0.2) is 28.1 Å². The Morgan fingerprint density at radius 1 is 1.53 bits per heavy atom. The van der Waals surface area contributed by atoms with Gasteiger partial charge in [-0.2, -0.15) is 0 Å². The first kappa shape index (κ1) is 12.4. The van der Waals surface area contributed by atoms with Crippen LogP contribution in [0, 0.1) is 12.7 Å². The molecule has 2 rings (SSSR count).